The third-order valence-electron chi connectivity index (χ3n) is 3.08. The predicted molar refractivity (Wildman–Crippen MR) is 88.0 cm³/mol. The molecule has 5 heteroatoms. The van der Waals surface area contributed by atoms with Gasteiger partial charge in [-0.05, 0) is 24.3 Å². The fraction of sp³-hybridized carbons (Fsp3) is 0.0588. The minimum absolute atomic E-state index is 0.693. The van der Waals surface area contributed by atoms with Gasteiger partial charge in [-0.25, -0.2) is 9.97 Å². The minimum Gasteiger partial charge on any atom is -0.495 e. The lowest BCUT2D eigenvalue weighted by molar-refractivity contribution is 0.417. The highest BCUT2D eigenvalue weighted by molar-refractivity contribution is 5.66. The van der Waals surface area contributed by atoms with Gasteiger partial charge >= 0.3 is 0 Å². The van der Waals surface area contributed by atoms with E-state index in [0.717, 1.165) is 22.9 Å². The lowest BCUT2D eigenvalue weighted by Crippen LogP contribution is -1.99. The van der Waals surface area contributed by atoms with E-state index in [4.69, 9.17) is 4.74 Å². The van der Waals surface area contributed by atoms with Crippen LogP contribution >= 0.6 is 0 Å². The normalized spacial score (nSPS) is 10.0. The van der Waals surface area contributed by atoms with Crippen LogP contribution in [0.5, 0.6) is 5.75 Å². The van der Waals surface area contributed by atoms with Crippen LogP contribution in [-0.4, -0.2) is 17.1 Å². The molecule has 3 rings (SSSR count). The van der Waals surface area contributed by atoms with Crippen molar-refractivity contribution in [1.82, 2.24) is 9.97 Å². The molecule has 0 unspecified atom stereocenters. The summed E-state index contributed by atoms with van der Waals surface area (Å²) < 4.78 is 5.32. The number of methoxy groups -OCH3 is 1. The number of aromatic nitrogens is 2. The van der Waals surface area contributed by atoms with Gasteiger partial charge in [0.05, 0.1) is 12.8 Å². The third kappa shape index (κ3) is 3.32. The Balaban J connectivity index is 1.79. The second kappa shape index (κ2) is 6.58. The molecule has 110 valence electrons. The van der Waals surface area contributed by atoms with E-state index in [9.17, 15) is 0 Å². The van der Waals surface area contributed by atoms with Crippen molar-refractivity contribution in [1.29, 1.82) is 0 Å². The highest BCUT2D eigenvalue weighted by atomic mass is 16.5. The van der Waals surface area contributed by atoms with Crippen molar-refractivity contribution < 1.29 is 4.74 Å². The van der Waals surface area contributed by atoms with E-state index in [2.05, 4.69) is 20.6 Å². The Bertz CT molecular complexity index is 746. The Morgan fingerprint density at radius 3 is 2.27 bits per heavy atom. The summed E-state index contributed by atoms with van der Waals surface area (Å²) >= 11 is 0. The summed E-state index contributed by atoms with van der Waals surface area (Å²) in [6.07, 6.45) is 1.52. The van der Waals surface area contributed by atoms with Crippen LogP contribution in [0.4, 0.5) is 23.0 Å². The molecule has 2 N–H and O–H groups in total. The molecule has 0 spiro atoms. The predicted octanol–water partition coefficient (Wildman–Crippen LogP) is 3.97. The van der Waals surface area contributed by atoms with E-state index in [1.54, 1.807) is 7.11 Å². The topological polar surface area (TPSA) is 59.1 Å². The van der Waals surface area contributed by atoms with Crippen molar-refractivity contribution in [3.63, 3.8) is 0 Å². The number of hydrogen-bond donors (Lipinski definition) is 2. The van der Waals surface area contributed by atoms with Crippen molar-refractivity contribution >= 4 is 23.0 Å². The first kappa shape index (κ1) is 13.9. The number of nitrogens with one attached hydrogen (secondary N) is 2. The molecule has 0 atom stereocenters. The first-order valence-electron chi connectivity index (χ1n) is 6.89. The van der Waals surface area contributed by atoms with E-state index < -0.39 is 0 Å². The summed E-state index contributed by atoms with van der Waals surface area (Å²) in [5.41, 5.74) is 1.83. The average molecular weight is 292 g/mol. The Hall–Kier alpha value is -3.08. The van der Waals surface area contributed by atoms with Gasteiger partial charge in [0, 0.05) is 11.8 Å². The van der Waals surface area contributed by atoms with E-state index in [1.807, 2.05) is 60.7 Å². The van der Waals surface area contributed by atoms with Gasteiger partial charge in [-0.3, -0.25) is 0 Å². The Labute approximate surface area is 129 Å². The molecule has 0 radical (unpaired) electrons. The molecule has 5 nitrogen and oxygen atoms in total. The molecule has 22 heavy (non-hydrogen) atoms. The Kier molecular flexibility index (Phi) is 4.15. The summed E-state index contributed by atoms with van der Waals surface area (Å²) in [6, 6.07) is 19.4. The molecule has 0 bridgehead atoms. The molecule has 3 aromatic rings. The van der Waals surface area contributed by atoms with Crippen molar-refractivity contribution in [3.8, 4) is 5.75 Å². The zero-order valence-corrected chi connectivity index (χ0v) is 12.2. The van der Waals surface area contributed by atoms with Crippen LogP contribution in [0, 0.1) is 0 Å². The summed E-state index contributed by atoms with van der Waals surface area (Å²) in [5.74, 6) is 2.18. The average Bonchev–Trinajstić information content (AvgIpc) is 2.57. The molecular weight excluding hydrogens is 276 g/mol. The van der Waals surface area contributed by atoms with Crippen LogP contribution in [0.25, 0.3) is 0 Å². The Morgan fingerprint density at radius 2 is 1.50 bits per heavy atom. The maximum Gasteiger partial charge on any atom is 0.142 e. The number of nitrogens with zero attached hydrogens (tertiary/aromatic N) is 2. The first-order chi connectivity index (χ1) is 10.8. The van der Waals surface area contributed by atoms with Crippen LogP contribution < -0.4 is 15.4 Å². The molecule has 0 aliphatic heterocycles. The second-order valence-electron chi connectivity index (χ2n) is 4.60. The SMILES string of the molecule is COc1ccccc1Nc1cc(Nc2ccccc2)ncn1. The van der Waals surface area contributed by atoms with E-state index in [-0.39, 0.29) is 0 Å². The maximum atomic E-state index is 5.32. The lowest BCUT2D eigenvalue weighted by atomic mass is 10.3. The van der Waals surface area contributed by atoms with Crippen LogP contribution in [0.3, 0.4) is 0 Å². The standard InChI is InChI=1S/C17H16N4O/c1-22-15-10-6-5-9-14(15)21-17-11-16(18-12-19-17)20-13-7-3-2-4-8-13/h2-12H,1H3,(H2,18,19,20,21). The molecule has 0 aliphatic rings. The van der Waals surface area contributed by atoms with Gasteiger partial charge in [-0.2, -0.15) is 0 Å². The van der Waals surface area contributed by atoms with Crippen molar-refractivity contribution in [2.75, 3.05) is 17.7 Å². The minimum atomic E-state index is 0.693. The first-order valence-corrected chi connectivity index (χ1v) is 6.89. The van der Waals surface area contributed by atoms with Crippen molar-refractivity contribution in [2.45, 2.75) is 0 Å². The number of rotatable bonds is 5. The largest absolute Gasteiger partial charge is 0.495 e. The van der Waals surface area contributed by atoms with Gasteiger partial charge in [-0.15, -0.1) is 0 Å². The van der Waals surface area contributed by atoms with Gasteiger partial charge in [0.1, 0.15) is 23.7 Å². The highest BCUT2D eigenvalue weighted by Crippen LogP contribution is 2.26. The summed E-state index contributed by atoms with van der Waals surface area (Å²) in [5, 5.41) is 6.47. The molecule has 0 amide bonds. The number of anilines is 4. The van der Waals surface area contributed by atoms with Gasteiger partial charge < -0.3 is 15.4 Å². The van der Waals surface area contributed by atoms with E-state index in [1.165, 1.54) is 6.33 Å². The van der Waals surface area contributed by atoms with Gasteiger partial charge in [-0.1, -0.05) is 30.3 Å². The summed E-state index contributed by atoms with van der Waals surface area (Å²) in [6.45, 7) is 0. The molecule has 0 aliphatic carbocycles. The fourth-order valence-electron chi connectivity index (χ4n) is 2.05. The highest BCUT2D eigenvalue weighted by Gasteiger charge is 2.04. The fourth-order valence-corrected chi connectivity index (χ4v) is 2.05. The van der Waals surface area contributed by atoms with Crippen molar-refractivity contribution in [3.05, 3.63) is 67.0 Å². The summed E-state index contributed by atoms with van der Waals surface area (Å²) in [7, 11) is 1.64. The monoisotopic (exact) mass is 292 g/mol. The zero-order chi connectivity index (χ0) is 15.2. The number of para-hydroxylation sites is 3. The smallest absolute Gasteiger partial charge is 0.142 e. The van der Waals surface area contributed by atoms with Gasteiger partial charge in [0.15, 0.2) is 0 Å². The lowest BCUT2D eigenvalue weighted by Gasteiger charge is -2.11. The Morgan fingerprint density at radius 1 is 0.818 bits per heavy atom. The number of hydrogen-bond acceptors (Lipinski definition) is 5. The van der Waals surface area contributed by atoms with E-state index in [0.29, 0.717) is 5.82 Å². The van der Waals surface area contributed by atoms with Crippen LogP contribution in [0.2, 0.25) is 0 Å². The molecule has 0 saturated heterocycles. The van der Waals surface area contributed by atoms with Gasteiger partial charge in [0.2, 0.25) is 0 Å². The maximum absolute atomic E-state index is 5.32. The zero-order valence-electron chi connectivity index (χ0n) is 12.2. The molecular formula is C17H16N4O. The third-order valence-corrected chi connectivity index (χ3v) is 3.08. The van der Waals surface area contributed by atoms with Crippen LogP contribution in [0.1, 0.15) is 0 Å². The summed E-state index contributed by atoms with van der Waals surface area (Å²) in [4.78, 5) is 8.46. The van der Waals surface area contributed by atoms with Gasteiger partial charge in [0.25, 0.3) is 0 Å². The van der Waals surface area contributed by atoms with Crippen LogP contribution in [-0.2, 0) is 0 Å². The van der Waals surface area contributed by atoms with Crippen molar-refractivity contribution in [2.24, 2.45) is 0 Å². The second-order valence-corrected chi connectivity index (χ2v) is 4.60. The number of ether oxygens (including phenoxy) is 1. The molecule has 0 saturated carbocycles. The quantitative estimate of drug-likeness (QED) is 0.745. The number of benzene rings is 2. The van der Waals surface area contributed by atoms with Crippen LogP contribution in [0.15, 0.2) is 67.0 Å². The molecule has 2 aromatic carbocycles. The molecule has 0 fully saturated rings. The molecule has 1 heterocycles. The molecule has 1 aromatic heterocycles. The van der Waals surface area contributed by atoms with E-state index >= 15 is 0 Å².